The topological polar surface area (TPSA) is 52.7 Å². The molecule has 0 aromatic heterocycles. The van der Waals surface area contributed by atoms with Crippen LogP contribution in [0, 0.1) is 12.8 Å². The minimum Gasteiger partial charge on any atom is -0.339 e. The van der Waals surface area contributed by atoms with E-state index in [0.717, 1.165) is 5.56 Å². The quantitative estimate of drug-likeness (QED) is 0.907. The third-order valence-electron chi connectivity index (χ3n) is 4.11. The van der Waals surface area contributed by atoms with Crippen molar-refractivity contribution < 1.29 is 9.59 Å². The molecule has 120 valence electrons. The van der Waals surface area contributed by atoms with E-state index in [9.17, 15) is 9.59 Å². The third-order valence-corrected chi connectivity index (χ3v) is 4.11. The fourth-order valence-electron chi connectivity index (χ4n) is 2.71. The van der Waals surface area contributed by atoms with Gasteiger partial charge in [-0.15, -0.1) is 0 Å². The number of hydrogen-bond donors (Lipinski definition) is 1. The van der Waals surface area contributed by atoms with Gasteiger partial charge in [0.1, 0.15) is 0 Å². The lowest BCUT2D eigenvalue weighted by molar-refractivity contribution is -0.136. The molecule has 1 fully saturated rings. The number of nitrogens with one attached hydrogen (secondary N) is 1. The summed E-state index contributed by atoms with van der Waals surface area (Å²) in [5.74, 6) is 0.191. The fourth-order valence-corrected chi connectivity index (χ4v) is 2.71. The number of amides is 2. The average molecular weight is 303 g/mol. The predicted molar refractivity (Wildman–Crippen MR) is 86.8 cm³/mol. The molecule has 1 aliphatic heterocycles. The maximum absolute atomic E-state index is 12.4. The zero-order chi connectivity index (χ0) is 16.1. The number of rotatable bonds is 4. The van der Waals surface area contributed by atoms with Crippen molar-refractivity contribution in [3.8, 4) is 0 Å². The van der Waals surface area contributed by atoms with Crippen LogP contribution in [0.4, 0.5) is 0 Å². The lowest BCUT2D eigenvalue weighted by Crippen LogP contribution is -2.52. The van der Waals surface area contributed by atoms with E-state index >= 15 is 0 Å². The molecular formula is C17H25N3O2. The maximum Gasteiger partial charge on any atom is 0.253 e. The van der Waals surface area contributed by atoms with Crippen molar-refractivity contribution in [2.75, 3.05) is 39.8 Å². The molecule has 0 radical (unpaired) electrons. The summed E-state index contributed by atoms with van der Waals surface area (Å²) in [5, 5.41) is 3.03. The molecule has 22 heavy (non-hydrogen) atoms. The summed E-state index contributed by atoms with van der Waals surface area (Å²) in [5.41, 5.74) is 1.86. The standard InChI is InChI=1S/C17H25N3O2/c1-13-4-6-15(7-5-13)17(22)20-10-8-19(9-11-20)16(21)14(2)12-18-3/h4-7,14,18H,8-12H2,1-3H3. The highest BCUT2D eigenvalue weighted by Gasteiger charge is 2.26. The molecule has 0 saturated carbocycles. The molecule has 1 atom stereocenters. The number of aryl methyl sites for hydroxylation is 1. The molecule has 5 heteroatoms. The van der Waals surface area contributed by atoms with E-state index in [2.05, 4.69) is 5.32 Å². The van der Waals surface area contributed by atoms with Crippen molar-refractivity contribution in [3.05, 3.63) is 35.4 Å². The Bertz CT molecular complexity index is 519. The number of piperazine rings is 1. The summed E-state index contributed by atoms with van der Waals surface area (Å²) >= 11 is 0. The van der Waals surface area contributed by atoms with E-state index in [1.807, 2.05) is 55.0 Å². The first-order valence-electron chi connectivity index (χ1n) is 7.82. The molecule has 2 rings (SSSR count). The van der Waals surface area contributed by atoms with Crippen LogP contribution in [-0.4, -0.2) is 61.4 Å². The van der Waals surface area contributed by atoms with Crippen LogP contribution in [0.3, 0.4) is 0 Å². The van der Waals surface area contributed by atoms with Gasteiger partial charge in [-0.05, 0) is 26.1 Å². The zero-order valence-electron chi connectivity index (χ0n) is 13.6. The van der Waals surface area contributed by atoms with Crippen molar-refractivity contribution in [2.24, 2.45) is 5.92 Å². The minimum absolute atomic E-state index is 0.0237. The lowest BCUT2D eigenvalue weighted by Gasteiger charge is -2.36. The molecule has 2 amide bonds. The Morgan fingerprint density at radius 2 is 1.64 bits per heavy atom. The Labute approximate surface area is 132 Å². The molecule has 5 nitrogen and oxygen atoms in total. The van der Waals surface area contributed by atoms with Gasteiger partial charge in [0, 0.05) is 44.2 Å². The zero-order valence-corrected chi connectivity index (χ0v) is 13.6. The van der Waals surface area contributed by atoms with Crippen LogP contribution >= 0.6 is 0 Å². The van der Waals surface area contributed by atoms with E-state index in [4.69, 9.17) is 0 Å². The molecule has 1 N–H and O–H groups in total. The Balaban J connectivity index is 1.90. The second kappa shape index (κ2) is 7.40. The Hall–Kier alpha value is -1.88. The number of hydrogen-bond acceptors (Lipinski definition) is 3. The van der Waals surface area contributed by atoms with Crippen LogP contribution in [0.2, 0.25) is 0 Å². The SMILES string of the molecule is CNCC(C)C(=O)N1CCN(C(=O)c2ccc(C)cc2)CC1. The van der Waals surface area contributed by atoms with E-state index in [1.54, 1.807) is 0 Å². The molecule has 1 unspecified atom stereocenters. The van der Waals surface area contributed by atoms with Crippen LogP contribution < -0.4 is 5.32 Å². The van der Waals surface area contributed by atoms with Gasteiger partial charge in [-0.3, -0.25) is 9.59 Å². The summed E-state index contributed by atoms with van der Waals surface area (Å²) in [7, 11) is 1.85. The molecule has 1 heterocycles. The summed E-state index contributed by atoms with van der Waals surface area (Å²) in [6, 6.07) is 7.63. The lowest BCUT2D eigenvalue weighted by atomic mass is 10.1. The monoisotopic (exact) mass is 303 g/mol. The largest absolute Gasteiger partial charge is 0.339 e. The van der Waals surface area contributed by atoms with Crippen LogP contribution in [0.1, 0.15) is 22.8 Å². The average Bonchev–Trinajstić information content (AvgIpc) is 2.54. The van der Waals surface area contributed by atoms with Crippen LogP contribution in [-0.2, 0) is 4.79 Å². The van der Waals surface area contributed by atoms with E-state index in [0.29, 0.717) is 38.3 Å². The predicted octanol–water partition coefficient (Wildman–Crippen LogP) is 1.13. The van der Waals surface area contributed by atoms with Gasteiger partial charge >= 0.3 is 0 Å². The molecule has 1 aromatic rings. The number of nitrogens with zero attached hydrogens (tertiary/aromatic N) is 2. The summed E-state index contributed by atoms with van der Waals surface area (Å²) in [6.07, 6.45) is 0. The summed E-state index contributed by atoms with van der Waals surface area (Å²) in [4.78, 5) is 28.4. The molecule has 0 bridgehead atoms. The van der Waals surface area contributed by atoms with Gasteiger partial charge < -0.3 is 15.1 Å². The van der Waals surface area contributed by atoms with Crippen molar-refractivity contribution in [3.63, 3.8) is 0 Å². The van der Waals surface area contributed by atoms with E-state index in [1.165, 1.54) is 0 Å². The van der Waals surface area contributed by atoms with Crippen molar-refractivity contribution in [1.29, 1.82) is 0 Å². The Morgan fingerprint density at radius 3 is 2.18 bits per heavy atom. The summed E-state index contributed by atoms with van der Waals surface area (Å²) < 4.78 is 0. The van der Waals surface area contributed by atoms with Crippen molar-refractivity contribution in [2.45, 2.75) is 13.8 Å². The van der Waals surface area contributed by atoms with Gasteiger partial charge in [0.15, 0.2) is 0 Å². The fraction of sp³-hybridized carbons (Fsp3) is 0.529. The highest BCUT2D eigenvalue weighted by atomic mass is 16.2. The first kappa shape index (κ1) is 16.5. The molecule has 0 spiro atoms. The summed E-state index contributed by atoms with van der Waals surface area (Å²) in [6.45, 7) is 7.05. The minimum atomic E-state index is -0.0237. The number of carbonyl (C=O) groups is 2. The second-order valence-electron chi connectivity index (χ2n) is 5.94. The van der Waals surface area contributed by atoms with Crippen molar-refractivity contribution in [1.82, 2.24) is 15.1 Å². The highest BCUT2D eigenvalue weighted by molar-refractivity contribution is 5.94. The first-order valence-corrected chi connectivity index (χ1v) is 7.82. The van der Waals surface area contributed by atoms with Gasteiger partial charge in [-0.1, -0.05) is 24.6 Å². The second-order valence-corrected chi connectivity index (χ2v) is 5.94. The van der Waals surface area contributed by atoms with Gasteiger partial charge in [-0.25, -0.2) is 0 Å². The maximum atomic E-state index is 12.4. The van der Waals surface area contributed by atoms with Gasteiger partial charge in [0.05, 0.1) is 0 Å². The Morgan fingerprint density at radius 1 is 1.09 bits per heavy atom. The van der Waals surface area contributed by atoms with Crippen LogP contribution in [0.25, 0.3) is 0 Å². The third kappa shape index (κ3) is 3.85. The normalized spacial score (nSPS) is 16.5. The highest BCUT2D eigenvalue weighted by Crippen LogP contribution is 2.12. The van der Waals surface area contributed by atoms with E-state index < -0.39 is 0 Å². The molecular weight excluding hydrogens is 278 g/mol. The van der Waals surface area contributed by atoms with Gasteiger partial charge in [0.25, 0.3) is 5.91 Å². The number of carbonyl (C=O) groups excluding carboxylic acids is 2. The first-order chi connectivity index (χ1) is 10.5. The molecule has 1 aliphatic rings. The van der Waals surface area contributed by atoms with E-state index in [-0.39, 0.29) is 17.7 Å². The number of benzene rings is 1. The molecule has 1 aromatic carbocycles. The van der Waals surface area contributed by atoms with Gasteiger partial charge in [-0.2, -0.15) is 0 Å². The molecule has 1 saturated heterocycles. The van der Waals surface area contributed by atoms with Crippen LogP contribution in [0.15, 0.2) is 24.3 Å². The molecule has 0 aliphatic carbocycles. The van der Waals surface area contributed by atoms with Gasteiger partial charge in [0.2, 0.25) is 5.91 Å². The van der Waals surface area contributed by atoms with Crippen LogP contribution in [0.5, 0.6) is 0 Å². The van der Waals surface area contributed by atoms with Crippen molar-refractivity contribution >= 4 is 11.8 Å². The Kier molecular flexibility index (Phi) is 5.55. The smallest absolute Gasteiger partial charge is 0.253 e.